The van der Waals surface area contributed by atoms with Crippen molar-refractivity contribution in [2.75, 3.05) is 4.90 Å². The van der Waals surface area contributed by atoms with E-state index in [2.05, 4.69) is 0 Å². The van der Waals surface area contributed by atoms with Crippen molar-refractivity contribution in [3.8, 4) is 0 Å². The molecule has 0 atom stereocenters. The molecule has 0 N–H and O–H groups in total. The molecule has 2 nitrogen and oxygen atoms in total. The van der Waals surface area contributed by atoms with Gasteiger partial charge >= 0.3 is 6.18 Å². The van der Waals surface area contributed by atoms with Crippen LogP contribution in [-0.2, 0) is 11.0 Å². The van der Waals surface area contributed by atoms with E-state index in [0.29, 0.717) is 4.91 Å². The van der Waals surface area contributed by atoms with Gasteiger partial charge in [-0.15, -0.1) is 0 Å². The minimum atomic E-state index is -4.49. The van der Waals surface area contributed by atoms with Gasteiger partial charge in [-0.1, -0.05) is 66.4 Å². The topological polar surface area (TPSA) is 20.3 Å². The lowest BCUT2D eigenvalue weighted by Gasteiger charge is -2.16. The second kappa shape index (κ2) is 7.07. The van der Waals surface area contributed by atoms with Crippen LogP contribution in [-0.4, -0.2) is 10.2 Å². The highest BCUT2D eigenvalue weighted by atomic mass is 32.2. The predicted octanol–water partition coefficient (Wildman–Crippen LogP) is 6.26. The summed E-state index contributed by atoms with van der Waals surface area (Å²) in [6.07, 6.45) is -2.78. The van der Waals surface area contributed by atoms with Crippen LogP contribution < -0.4 is 4.90 Å². The smallest absolute Gasteiger partial charge is 0.268 e. The zero-order chi connectivity index (χ0) is 19.9. The first kappa shape index (κ1) is 18.7. The van der Waals surface area contributed by atoms with Gasteiger partial charge in [-0.3, -0.25) is 9.69 Å². The maximum atomic E-state index is 13.0. The third kappa shape index (κ3) is 3.55. The molecule has 1 amide bonds. The van der Waals surface area contributed by atoms with Crippen LogP contribution in [0.2, 0.25) is 0 Å². The Kier molecular flexibility index (Phi) is 4.72. The Morgan fingerprint density at radius 2 is 1.68 bits per heavy atom. The predicted molar refractivity (Wildman–Crippen MR) is 111 cm³/mol. The molecule has 0 unspecified atom stereocenters. The molecule has 0 spiro atoms. The van der Waals surface area contributed by atoms with Crippen molar-refractivity contribution in [3.63, 3.8) is 0 Å². The van der Waals surface area contributed by atoms with E-state index in [1.165, 1.54) is 12.1 Å². The number of hydrogen-bond acceptors (Lipinski definition) is 3. The quantitative estimate of drug-likeness (QED) is 0.364. The number of anilines is 1. The third-order valence-electron chi connectivity index (χ3n) is 4.30. The largest absolute Gasteiger partial charge is 0.416 e. The van der Waals surface area contributed by atoms with E-state index in [9.17, 15) is 18.0 Å². The Morgan fingerprint density at radius 3 is 2.43 bits per heavy atom. The molecule has 0 aromatic heterocycles. The zero-order valence-electron chi connectivity index (χ0n) is 14.2. The van der Waals surface area contributed by atoms with E-state index in [4.69, 9.17) is 12.2 Å². The van der Waals surface area contributed by atoms with E-state index >= 15 is 0 Å². The van der Waals surface area contributed by atoms with Crippen molar-refractivity contribution in [3.05, 3.63) is 82.8 Å². The van der Waals surface area contributed by atoms with Gasteiger partial charge in [0, 0.05) is 0 Å². The average molecular weight is 415 g/mol. The van der Waals surface area contributed by atoms with Crippen molar-refractivity contribution >= 4 is 56.7 Å². The fraction of sp³-hybridized carbons (Fsp3) is 0.0476. The summed E-state index contributed by atoms with van der Waals surface area (Å²) in [7, 11) is 0. The maximum absolute atomic E-state index is 13.0. The van der Waals surface area contributed by atoms with Crippen LogP contribution in [0.5, 0.6) is 0 Å². The summed E-state index contributed by atoms with van der Waals surface area (Å²) in [5.74, 6) is -0.428. The number of rotatable bonds is 2. The second-order valence-electron chi connectivity index (χ2n) is 6.17. The SMILES string of the molecule is O=C1/C(=C\c2ccc3ccccc3c2)SC(=S)N1c1cccc(C(F)(F)F)c1. The molecule has 1 aliphatic heterocycles. The third-order valence-corrected chi connectivity index (χ3v) is 5.60. The lowest BCUT2D eigenvalue weighted by atomic mass is 10.1. The van der Waals surface area contributed by atoms with Gasteiger partial charge in [-0.2, -0.15) is 13.2 Å². The van der Waals surface area contributed by atoms with Gasteiger partial charge in [-0.05, 0) is 46.7 Å². The molecule has 0 aliphatic carbocycles. The molecule has 3 aromatic carbocycles. The van der Waals surface area contributed by atoms with E-state index in [1.54, 1.807) is 6.08 Å². The van der Waals surface area contributed by atoms with Crippen LogP contribution in [0.1, 0.15) is 11.1 Å². The molecule has 0 radical (unpaired) electrons. The van der Waals surface area contributed by atoms with Crippen LogP contribution >= 0.6 is 24.0 Å². The minimum absolute atomic E-state index is 0.110. The molecule has 1 saturated heterocycles. The van der Waals surface area contributed by atoms with Gasteiger partial charge in [0.15, 0.2) is 4.32 Å². The normalized spacial score (nSPS) is 16.4. The van der Waals surface area contributed by atoms with E-state index < -0.39 is 17.6 Å². The molecule has 7 heteroatoms. The highest BCUT2D eigenvalue weighted by Crippen LogP contribution is 2.38. The number of hydrogen-bond donors (Lipinski definition) is 0. The van der Waals surface area contributed by atoms with Gasteiger partial charge in [-0.25, -0.2) is 0 Å². The van der Waals surface area contributed by atoms with Crippen molar-refractivity contribution < 1.29 is 18.0 Å². The molecule has 28 heavy (non-hydrogen) atoms. The summed E-state index contributed by atoms with van der Waals surface area (Å²) in [4.78, 5) is 14.3. The Bertz CT molecular complexity index is 1140. The number of alkyl halides is 3. The Balaban J connectivity index is 1.68. The number of thiocarbonyl (C=S) groups is 1. The van der Waals surface area contributed by atoms with Crippen LogP contribution in [0.15, 0.2) is 71.6 Å². The van der Waals surface area contributed by atoms with Crippen LogP contribution in [0.3, 0.4) is 0 Å². The highest BCUT2D eigenvalue weighted by Gasteiger charge is 2.36. The van der Waals surface area contributed by atoms with Gasteiger partial charge in [0.05, 0.1) is 16.2 Å². The van der Waals surface area contributed by atoms with Crippen molar-refractivity contribution in [2.45, 2.75) is 6.18 Å². The molecule has 4 rings (SSSR count). The molecule has 1 aliphatic rings. The molecule has 0 bridgehead atoms. The van der Waals surface area contributed by atoms with Crippen molar-refractivity contribution in [2.24, 2.45) is 0 Å². The molecule has 0 saturated carbocycles. The average Bonchev–Trinajstić information content (AvgIpc) is 2.94. The number of benzene rings is 3. The number of fused-ring (bicyclic) bond motifs is 1. The number of amides is 1. The van der Waals surface area contributed by atoms with E-state index in [1.807, 2.05) is 42.5 Å². The lowest BCUT2D eigenvalue weighted by Crippen LogP contribution is -2.27. The van der Waals surface area contributed by atoms with Crippen molar-refractivity contribution in [1.29, 1.82) is 0 Å². The number of thioether (sulfide) groups is 1. The first-order valence-electron chi connectivity index (χ1n) is 8.27. The molecule has 140 valence electrons. The molecule has 1 heterocycles. The first-order valence-corrected chi connectivity index (χ1v) is 9.49. The molecule has 3 aromatic rings. The van der Waals surface area contributed by atoms with Gasteiger partial charge in [0.2, 0.25) is 0 Å². The van der Waals surface area contributed by atoms with Gasteiger partial charge < -0.3 is 0 Å². The summed E-state index contributed by atoms with van der Waals surface area (Å²) >= 11 is 6.33. The van der Waals surface area contributed by atoms with Crippen LogP contribution in [0.25, 0.3) is 16.8 Å². The Labute approximate surface area is 168 Å². The van der Waals surface area contributed by atoms with Crippen LogP contribution in [0.4, 0.5) is 18.9 Å². The monoisotopic (exact) mass is 415 g/mol. The minimum Gasteiger partial charge on any atom is -0.268 e. The number of nitrogens with zero attached hydrogens (tertiary/aromatic N) is 1. The van der Waals surface area contributed by atoms with Crippen LogP contribution in [0, 0.1) is 0 Å². The lowest BCUT2D eigenvalue weighted by molar-refractivity contribution is -0.137. The summed E-state index contributed by atoms with van der Waals surface area (Å²) in [6, 6.07) is 18.2. The van der Waals surface area contributed by atoms with Crippen molar-refractivity contribution in [1.82, 2.24) is 0 Å². The fourth-order valence-corrected chi connectivity index (χ4v) is 4.26. The summed E-state index contributed by atoms with van der Waals surface area (Å²) < 4.78 is 39.2. The second-order valence-corrected chi connectivity index (χ2v) is 7.85. The highest BCUT2D eigenvalue weighted by molar-refractivity contribution is 8.27. The van der Waals surface area contributed by atoms with E-state index in [0.717, 1.165) is 45.1 Å². The van der Waals surface area contributed by atoms with Gasteiger partial charge in [0.25, 0.3) is 5.91 Å². The maximum Gasteiger partial charge on any atom is 0.416 e. The first-order chi connectivity index (χ1) is 13.3. The zero-order valence-corrected chi connectivity index (χ0v) is 15.9. The summed E-state index contributed by atoms with van der Waals surface area (Å²) in [6.45, 7) is 0. The Hall–Kier alpha value is -2.64. The fourth-order valence-electron chi connectivity index (χ4n) is 2.96. The Morgan fingerprint density at radius 1 is 0.929 bits per heavy atom. The summed E-state index contributed by atoms with van der Waals surface area (Å²) in [5.41, 5.74) is 0.111. The summed E-state index contributed by atoms with van der Waals surface area (Å²) in [5, 5.41) is 2.11. The van der Waals surface area contributed by atoms with E-state index in [-0.39, 0.29) is 10.0 Å². The number of halogens is 3. The standard InChI is InChI=1S/C21H12F3NOS2/c22-21(23,24)16-6-3-7-17(12-16)25-19(26)18(28-20(25)27)11-13-8-9-14-4-1-2-5-15(14)10-13/h1-12H/b18-11+. The number of carbonyl (C=O) groups is 1. The number of carbonyl (C=O) groups excluding carboxylic acids is 1. The molecular formula is C21H12F3NOS2. The molecular weight excluding hydrogens is 403 g/mol. The molecule has 1 fully saturated rings. The van der Waals surface area contributed by atoms with Gasteiger partial charge in [0.1, 0.15) is 0 Å².